The van der Waals surface area contributed by atoms with Crippen molar-refractivity contribution < 1.29 is 4.79 Å². The summed E-state index contributed by atoms with van der Waals surface area (Å²) in [7, 11) is 0. The first kappa shape index (κ1) is 25.7. The fourth-order valence-electron chi connectivity index (χ4n) is 7.55. The van der Waals surface area contributed by atoms with Crippen LogP contribution < -0.4 is 5.73 Å². The number of aromatic amines is 2. The van der Waals surface area contributed by atoms with Crippen LogP contribution in [0.4, 0.5) is 0 Å². The predicted molar refractivity (Wildman–Crippen MR) is 166 cm³/mol. The number of amides is 1. The summed E-state index contributed by atoms with van der Waals surface area (Å²) in [5, 5.41) is 4.38. The van der Waals surface area contributed by atoms with Crippen molar-refractivity contribution in [1.82, 2.24) is 34.4 Å². The second-order valence-corrected chi connectivity index (χ2v) is 13.4. The van der Waals surface area contributed by atoms with Gasteiger partial charge in [0, 0.05) is 22.7 Å². The van der Waals surface area contributed by atoms with Crippen molar-refractivity contribution in [2.75, 3.05) is 6.54 Å². The number of hydrogen-bond acceptors (Lipinski definition) is 6. The van der Waals surface area contributed by atoms with Crippen LogP contribution >= 0.6 is 11.3 Å². The van der Waals surface area contributed by atoms with Crippen molar-refractivity contribution >= 4 is 44.1 Å². The number of rotatable bonds is 6. The number of primary amides is 1. The molecule has 2 aliphatic rings. The molecule has 1 unspecified atom stereocenters. The molecular formula is C32H34N8OS. The smallest absolute Gasteiger partial charge is 0.231 e. The highest BCUT2D eigenvalue weighted by atomic mass is 32.1. The van der Waals surface area contributed by atoms with Crippen molar-refractivity contribution in [1.29, 1.82) is 0 Å². The molecule has 42 heavy (non-hydrogen) atoms. The molecule has 2 fully saturated rings. The van der Waals surface area contributed by atoms with Gasteiger partial charge in [-0.1, -0.05) is 26.3 Å². The lowest BCUT2D eigenvalue weighted by Gasteiger charge is -2.27. The Morgan fingerprint density at radius 2 is 2.02 bits per heavy atom. The molecule has 0 spiro atoms. The van der Waals surface area contributed by atoms with Crippen LogP contribution in [0.15, 0.2) is 42.9 Å². The minimum absolute atomic E-state index is 0.119. The van der Waals surface area contributed by atoms with Gasteiger partial charge in [-0.25, -0.2) is 14.5 Å². The molecule has 1 aromatic carbocycles. The van der Waals surface area contributed by atoms with E-state index in [0.717, 1.165) is 57.7 Å². The van der Waals surface area contributed by atoms with Crippen molar-refractivity contribution in [3.8, 4) is 21.7 Å². The average Bonchev–Trinajstić information content (AvgIpc) is 3.76. The summed E-state index contributed by atoms with van der Waals surface area (Å²) >= 11 is 1.83. The molecule has 1 amide bonds. The SMILES string of the molecule is Cc1cc(-c2[nH]c3cc(-c4ccc5nc(C6[C@H]7CCC[C@H](C7)N6CC(N)=O)[nH]c5c4)sc3c2C(C)C)cn2ncnc12. The third-order valence-electron chi connectivity index (χ3n) is 9.29. The van der Waals surface area contributed by atoms with Crippen LogP contribution in [0.1, 0.15) is 68.4 Å². The van der Waals surface area contributed by atoms with Crippen LogP contribution in [-0.2, 0) is 4.79 Å². The number of thiophene rings is 1. The molecule has 2 bridgehead atoms. The topological polar surface area (TPSA) is 121 Å². The van der Waals surface area contributed by atoms with Gasteiger partial charge in [0.15, 0.2) is 5.65 Å². The molecule has 5 aromatic heterocycles. The van der Waals surface area contributed by atoms with Gasteiger partial charge in [-0.15, -0.1) is 11.3 Å². The molecule has 6 aromatic rings. The zero-order valence-electron chi connectivity index (χ0n) is 24.0. The monoisotopic (exact) mass is 578 g/mol. The third kappa shape index (κ3) is 3.99. The normalized spacial score (nSPS) is 21.0. The van der Waals surface area contributed by atoms with Gasteiger partial charge in [0.1, 0.15) is 12.2 Å². The second-order valence-electron chi connectivity index (χ2n) is 12.4. The van der Waals surface area contributed by atoms with Crippen molar-refractivity contribution in [3.63, 3.8) is 0 Å². The number of carbonyl (C=O) groups is 1. The minimum atomic E-state index is -0.266. The van der Waals surface area contributed by atoms with Gasteiger partial charge < -0.3 is 15.7 Å². The summed E-state index contributed by atoms with van der Waals surface area (Å²) < 4.78 is 3.14. The molecule has 4 N–H and O–H groups in total. The minimum Gasteiger partial charge on any atom is -0.369 e. The lowest BCUT2D eigenvalue weighted by molar-refractivity contribution is -0.120. The van der Waals surface area contributed by atoms with E-state index in [1.54, 1.807) is 6.33 Å². The molecule has 0 radical (unpaired) electrons. The number of aromatic nitrogens is 6. The summed E-state index contributed by atoms with van der Waals surface area (Å²) in [6.45, 7) is 6.88. The van der Waals surface area contributed by atoms with Crippen molar-refractivity contribution in [3.05, 3.63) is 59.8 Å². The number of carbonyl (C=O) groups excluding carboxylic acids is 1. The molecule has 1 aliphatic carbocycles. The Labute approximate surface area is 247 Å². The number of fused-ring (bicyclic) bond motifs is 5. The highest BCUT2D eigenvalue weighted by Gasteiger charge is 2.45. The standard InChI is InChI=1S/C32H34N8OS/c1-16(2)27-28(20-9-17(3)32-34-15-35-40(32)13-20)36-24-12-25(42-30(24)27)18-7-8-22-23(11-18)38-31(37-22)29-19-5-4-6-21(10-19)39(29)14-26(33)41/h7-9,11-13,15-16,19,21,29,36H,4-6,10,14H2,1-3H3,(H2,33,41)(H,37,38)/t19-,21+,29?/m0/s1. The molecule has 1 saturated heterocycles. The van der Waals surface area contributed by atoms with E-state index in [-0.39, 0.29) is 11.9 Å². The maximum Gasteiger partial charge on any atom is 0.231 e. The molecular weight excluding hydrogens is 544 g/mol. The van der Waals surface area contributed by atoms with Gasteiger partial charge >= 0.3 is 0 Å². The third-order valence-corrected chi connectivity index (χ3v) is 10.5. The van der Waals surface area contributed by atoms with Crippen LogP contribution in [0.5, 0.6) is 0 Å². The largest absolute Gasteiger partial charge is 0.369 e. The molecule has 1 saturated carbocycles. The molecule has 3 atom stereocenters. The van der Waals surface area contributed by atoms with E-state index >= 15 is 0 Å². The number of hydrogen-bond donors (Lipinski definition) is 3. The van der Waals surface area contributed by atoms with Gasteiger partial charge in [0.25, 0.3) is 0 Å². The zero-order valence-corrected chi connectivity index (χ0v) is 24.8. The lowest BCUT2D eigenvalue weighted by Crippen LogP contribution is -2.38. The van der Waals surface area contributed by atoms with Crippen LogP contribution in [0, 0.1) is 12.8 Å². The molecule has 214 valence electrons. The Bertz CT molecular complexity index is 1990. The van der Waals surface area contributed by atoms with Crippen LogP contribution in [0.25, 0.3) is 48.6 Å². The van der Waals surface area contributed by atoms with Gasteiger partial charge in [-0.2, -0.15) is 5.10 Å². The number of likely N-dealkylation sites (tertiary alicyclic amines) is 1. The van der Waals surface area contributed by atoms with E-state index < -0.39 is 0 Å². The number of aryl methyl sites for hydroxylation is 1. The van der Waals surface area contributed by atoms with E-state index in [4.69, 9.17) is 10.7 Å². The number of nitrogens with two attached hydrogens (primary N) is 1. The molecule has 8 rings (SSSR count). The van der Waals surface area contributed by atoms with Crippen LogP contribution in [0.2, 0.25) is 0 Å². The molecule has 9 nitrogen and oxygen atoms in total. The Morgan fingerprint density at radius 1 is 1.14 bits per heavy atom. The van der Waals surface area contributed by atoms with Gasteiger partial charge in [-0.05, 0) is 79.0 Å². The van der Waals surface area contributed by atoms with E-state index in [0.29, 0.717) is 24.4 Å². The van der Waals surface area contributed by atoms with E-state index in [1.807, 2.05) is 15.9 Å². The summed E-state index contributed by atoms with van der Waals surface area (Å²) in [5.41, 5.74) is 15.5. The number of imidazole rings is 1. The maximum atomic E-state index is 11.9. The highest BCUT2D eigenvalue weighted by Crippen LogP contribution is 2.48. The Kier molecular flexibility index (Phi) is 5.81. The number of pyridine rings is 1. The van der Waals surface area contributed by atoms with E-state index in [2.05, 4.69) is 82.3 Å². The summed E-state index contributed by atoms with van der Waals surface area (Å²) in [5.74, 6) is 1.55. The van der Waals surface area contributed by atoms with Gasteiger partial charge in [0.2, 0.25) is 5.91 Å². The Balaban J connectivity index is 1.16. The maximum absolute atomic E-state index is 11.9. The first-order chi connectivity index (χ1) is 20.3. The number of nitrogens with zero attached hydrogens (tertiary/aromatic N) is 5. The number of nitrogens with one attached hydrogen (secondary N) is 2. The van der Waals surface area contributed by atoms with Crippen molar-refractivity contribution in [2.24, 2.45) is 11.7 Å². The van der Waals surface area contributed by atoms with E-state index in [9.17, 15) is 4.79 Å². The Hall–Kier alpha value is -4.02. The fraction of sp³-hybridized carbons (Fsp3) is 0.375. The first-order valence-electron chi connectivity index (χ1n) is 14.8. The van der Waals surface area contributed by atoms with Crippen molar-refractivity contribution in [2.45, 2.75) is 64.5 Å². The van der Waals surface area contributed by atoms with Crippen LogP contribution in [-0.4, -0.2) is 52.9 Å². The average molecular weight is 579 g/mol. The summed E-state index contributed by atoms with van der Waals surface area (Å²) in [6.07, 6.45) is 8.28. The lowest BCUT2D eigenvalue weighted by atomic mass is 9.87. The number of benzene rings is 1. The first-order valence-corrected chi connectivity index (χ1v) is 15.7. The molecule has 6 heterocycles. The van der Waals surface area contributed by atoms with Crippen LogP contribution in [0.3, 0.4) is 0 Å². The molecule has 10 heteroatoms. The summed E-state index contributed by atoms with van der Waals surface area (Å²) in [6, 6.07) is 11.5. The second kappa shape index (κ2) is 9.50. The van der Waals surface area contributed by atoms with E-state index in [1.165, 1.54) is 33.5 Å². The Morgan fingerprint density at radius 3 is 2.86 bits per heavy atom. The van der Waals surface area contributed by atoms with Gasteiger partial charge in [0.05, 0.1) is 39.5 Å². The predicted octanol–water partition coefficient (Wildman–Crippen LogP) is 6.32. The quantitative estimate of drug-likeness (QED) is 0.214. The summed E-state index contributed by atoms with van der Waals surface area (Å²) in [4.78, 5) is 32.2. The zero-order chi connectivity index (χ0) is 28.7. The molecule has 1 aliphatic heterocycles. The fourth-order valence-corrected chi connectivity index (χ4v) is 8.86. The van der Waals surface area contributed by atoms with Gasteiger partial charge in [-0.3, -0.25) is 9.69 Å². The number of H-pyrrole nitrogens is 2. The highest BCUT2D eigenvalue weighted by molar-refractivity contribution is 7.22.